The molecule has 1 unspecified atom stereocenters. The van der Waals surface area contributed by atoms with Gasteiger partial charge in [-0.3, -0.25) is 0 Å². The van der Waals surface area contributed by atoms with Crippen molar-refractivity contribution >= 4 is 17.4 Å². The maximum Gasteiger partial charge on any atom is 0.415 e. The Labute approximate surface area is 206 Å². The van der Waals surface area contributed by atoms with Crippen molar-refractivity contribution in [2.75, 3.05) is 19.0 Å². The number of halogens is 3. The molecule has 1 aromatic heterocycles. The Kier molecular flexibility index (Phi) is 7.23. The normalized spacial score (nSPS) is 16.1. The molecule has 0 saturated heterocycles. The Morgan fingerprint density at radius 3 is 2.50 bits per heavy atom. The van der Waals surface area contributed by atoms with Gasteiger partial charge in [-0.05, 0) is 61.0 Å². The lowest BCUT2D eigenvalue weighted by Crippen LogP contribution is -2.11. The van der Waals surface area contributed by atoms with Gasteiger partial charge in [0.1, 0.15) is 24.7 Å². The van der Waals surface area contributed by atoms with Crippen molar-refractivity contribution < 1.29 is 22.6 Å². The number of hydrogen-bond donors (Lipinski definition) is 1. The van der Waals surface area contributed by atoms with Gasteiger partial charge in [0, 0.05) is 16.8 Å². The highest BCUT2D eigenvalue weighted by molar-refractivity contribution is 5.90. The standard InChI is InChI=1S/C26H24F3N5O2/c1-4-21(12-5-17(2)26(27,28)29)34-16-30-24(33-34)19-6-10-20(11-7-19)31-25-32-23(15-36-25)18-8-13-22(35-3)14-9-18/h4-14,16,23H,2,15H2,1,3H3,(H,31,32)/b12-5-,21-4+. The second-order valence-corrected chi connectivity index (χ2v) is 7.82. The first-order valence-electron chi connectivity index (χ1n) is 11.0. The largest absolute Gasteiger partial charge is 0.497 e. The zero-order valence-electron chi connectivity index (χ0n) is 19.7. The first-order chi connectivity index (χ1) is 17.3. The fourth-order valence-corrected chi connectivity index (χ4v) is 3.37. The highest BCUT2D eigenvalue weighted by Crippen LogP contribution is 2.27. The van der Waals surface area contributed by atoms with Crippen LogP contribution in [0.25, 0.3) is 17.1 Å². The Balaban J connectivity index is 1.40. The molecule has 186 valence electrons. The number of rotatable bonds is 7. The molecule has 4 rings (SSSR count). The fourth-order valence-electron chi connectivity index (χ4n) is 3.37. The van der Waals surface area contributed by atoms with E-state index in [1.54, 1.807) is 20.1 Å². The molecule has 1 N–H and O–H groups in total. The highest BCUT2D eigenvalue weighted by atomic mass is 19.4. The van der Waals surface area contributed by atoms with Crippen LogP contribution in [0.2, 0.25) is 0 Å². The molecule has 0 saturated carbocycles. The second-order valence-electron chi connectivity index (χ2n) is 7.82. The second kappa shape index (κ2) is 10.5. The van der Waals surface area contributed by atoms with E-state index in [0.717, 1.165) is 28.6 Å². The van der Waals surface area contributed by atoms with Gasteiger partial charge >= 0.3 is 6.18 Å². The number of nitrogens with one attached hydrogen (secondary N) is 1. The van der Waals surface area contributed by atoms with Crippen LogP contribution in [0.15, 0.2) is 90.2 Å². The molecule has 1 atom stereocenters. The topological polar surface area (TPSA) is 73.6 Å². The van der Waals surface area contributed by atoms with Gasteiger partial charge in [0.25, 0.3) is 6.02 Å². The molecule has 0 amide bonds. The number of nitrogens with zero attached hydrogens (tertiary/aromatic N) is 4. The zero-order valence-corrected chi connectivity index (χ0v) is 19.7. The molecule has 0 fully saturated rings. The third-order valence-electron chi connectivity index (χ3n) is 5.42. The number of methoxy groups -OCH3 is 1. The molecule has 36 heavy (non-hydrogen) atoms. The van der Waals surface area contributed by atoms with E-state index >= 15 is 0 Å². The molecule has 1 aliphatic rings. The van der Waals surface area contributed by atoms with Gasteiger partial charge in [-0.25, -0.2) is 14.7 Å². The minimum absolute atomic E-state index is 0.103. The van der Waals surface area contributed by atoms with Gasteiger partial charge in [-0.1, -0.05) is 24.8 Å². The van der Waals surface area contributed by atoms with Gasteiger partial charge in [-0.15, -0.1) is 5.10 Å². The first kappa shape index (κ1) is 24.8. The lowest BCUT2D eigenvalue weighted by atomic mass is 10.1. The van der Waals surface area contributed by atoms with Gasteiger partial charge in [0.15, 0.2) is 5.82 Å². The van der Waals surface area contributed by atoms with Crippen LogP contribution in [0.5, 0.6) is 5.75 Å². The van der Waals surface area contributed by atoms with E-state index in [0.29, 0.717) is 24.2 Å². The molecule has 7 nitrogen and oxygen atoms in total. The van der Waals surface area contributed by atoms with Gasteiger partial charge in [0.2, 0.25) is 0 Å². The number of hydrogen-bond acceptors (Lipinski definition) is 6. The molecule has 0 aliphatic carbocycles. The summed E-state index contributed by atoms with van der Waals surface area (Å²) in [5.41, 5.74) is 2.03. The summed E-state index contributed by atoms with van der Waals surface area (Å²) < 4.78 is 50.3. The molecule has 0 bridgehead atoms. The Morgan fingerprint density at radius 1 is 1.14 bits per heavy atom. The van der Waals surface area contributed by atoms with E-state index in [4.69, 9.17) is 9.47 Å². The Bertz CT molecular complexity index is 1310. The van der Waals surface area contributed by atoms with Gasteiger partial charge in [0.05, 0.1) is 12.8 Å². The summed E-state index contributed by atoms with van der Waals surface area (Å²) in [6.07, 6.45) is 0.794. The minimum Gasteiger partial charge on any atom is -0.497 e. The summed E-state index contributed by atoms with van der Waals surface area (Å²) in [5, 5.41) is 7.53. The number of anilines is 1. The van der Waals surface area contributed by atoms with E-state index in [1.807, 2.05) is 48.5 Å². The van der Waals surface area contributed by atoms with Gasteiger partial charge < -0.3 is 14.8 Å². The third-order valence-corrected chi connectivity index (χ3v) is 5.42. The summed E-state index contributed by atoms with van der Waals surface area (Å²) in [6, 6.07) is 15.4. The van der Waals surface area contributed by atoms with Crippen LogP contribution in [0.3, 0.4) is 0 Å². The van der Waals surface area contributed by atoms with Crippen molar-refractivity contribution in [3.05, 3.63) is 90.8 Å². The van der Waals surface area contributed by atoms with Crippen molar-refractivity contribution in [1.82, 2.24) is 14.8 Å². The lowest BCUT2D eigenvalue weighted by molar-refractivity contribution is -0.0878. The van der Waals surface area contributed by atoms with Crippen LogP contribution in [0, 0.1) is 0 Å². The number of allylic oxidation sites excluding steroid dienone is 5. The number of benzene rings is 2. The third kappa shape index (κ3) is 5.83. The Hall–Kier alpha value is -4.34. The van der Waals surface area contributed by atoms with Crippen LogP contribution >= 0.6 is 0 Å². The van der Waals surface area contributed by atoms with E-state index in [-0.39, 0.29) is 6.04 Å². The summed E-state index contributed by atoms with van der Waals surface area (Å²) in [4.78, 5) is 8.87. The fraction of sp³-hybridized carbons (Fsp3) is 0.192. The molecular formula is C26H24F3N5O2. The average molecular weight is 496 g/mol. The van der Waals surface area contributed by atoms with Crippen molar-refractivity contribution in [1.29, 1.82) is 0 Å². The smallest absolute Gasteiger partial charge is 0.415 e. The number of alkyl halides is 3. The van der Waals surface area contributed by atoms with E-state index < -0.39 is 11.7 Å². The van der Waals surface area contributed by atoms with Crippen molar-refractivity contribution in [3.8, 4) is 17.1 Å². The van der Waals surface area contributed by atoms with E-state index in [9.17, 15) is 13.2 Å². The Morgan fingerprint density at radius 2 is 1.86 bits per heavy atom. The molecule has 0 spiro atoms. The van der Waals surface area contributed by atoms with Crippen LogP contribution in [0.1, 0.15) is 18.5 Å². The SMILES string of the molecule is C=C(/C=C\C(=C/C)n1cnc(-c2ccc(NC3=NC(c4ccc(OC)cc4)CO3)cc2)n1)C(F)(F)F. The van der Waals surface area contributed by atoms with E-state index in [1.165, 1.54) is 17.1 Å². The number of amidine groups is 1. The molecule has 10 heteroatoms. The highest BCUT2D eigenvalue weighted by Gasteiger charge is 2.29. The van der Waals surface area contributed by atoms with Crippen LogP contribution < -0.4 is 10.1 Å². The number of aromatic nitrogens is 3. The monoisotopic (exact) mass is 495 g/mol. The average Bonchev–Trinajstić information content (AvgIpc) is 3.55. The van der Waals surface area contributed by atoms with Gasteiger partial charge in [-0.2, -0.15) is 13.2 Å². The van der Waals surface area contributed by atoms with E-state index in [2.05, 4.69) is 27.0 Å². The summed E-state index contributed by atoms with van der Waals surface area (Å²) >= 11 is 0. The van der Waals surface area contributed by atoms with Crippen LogP contribution in [-0.4, -0.2) is 40.7 Å². The maximum absolute atomic E-state index is 12.7. The maximum atomic E-state index is 12.7. The van der Waals surface area contributed by atoms with Crippen molar-refractivity contribution in [2.45, 2.75) is 19.1 Å². The summed E-state index contributed by atoms with van der Waals surface area (Å²) in [7, 11) is 1.62. The molecule has 2 aromatic carbocycles. The summed E-state index contributed by atoms with van der Waals surface area (Å²) in [5.74, 6) is 1.21. The molecule has 0 radical (unpaired) electrons. The van der Waals surface area contributed by atoms with Crippen molar-refractivity contribution in [2.24, 2.45) is 4.99 Å². The number of ether oxygens (including phenoxy) is 2. The summed E-state index contributed by atoms with van der Waals surface area (Å²) in [6.45, 7) is 5.17. The molecule has 1 aliphatic heterocycles. The lowest BCUT2D eigenvalue weighted by Gasteiger charge is -2.06. The van der Waals surface area contributed by atoms with Crippen LogP contribution in [-0.2, 0) is 4.74 Å². The molecular weight excluding hydrogens is 471 g/mol. The predicted octanol–water partition coefficient (Wildman–Crippen LogP) is 6.03. The number of aliphatic imine (C=N–C) groups is 1. The molecule has 3 aromatic rings. The first-order valence-corrected chi connectivity index (χ1v) is 11.0. The quantitative estimate of drug-likeness (QED) is 0.405. The van der Waals surface area contributed by atoms with Crippen LogP contribution in [0.4, 0.5) is 18.9 Å². The van der Waals surface area contributed by atoms with Crippen molar-refractivity contribution in [3.63, 3.8) is 0 Å². The predicted molar refractivity (Wildman–Crippen MR) is 132 cm³/mol. The zero-order chi connectivity index (χ0) is 25.7. The molecule has 2 heterocycles. The minimum atomic E-state index is -4.48.